The van der Waals surface area contributed by atoms with Crippen molar-refractivity contribution in [3.63, 3.8) is 0 Å². The number of hydrazone groups is 1. The summed E-state index contributed by atoms with van der Waals surface area (Å²) < 4.78 is 0. The van der Waals surface area contributed by atoms with Crippen molar-refractivity contribution in [3.8, 4) is 0 Å². The molecule has 1 heterocycles. The molecule has 3 rings (SSSR count). The van der Waals surface area contributed by atoms with Gasteiger partial charge in [-0.25, -0.2) is 10.4 Å². The van der Waals surface area contributed by atoms with Crippen LogP contribution in [0.15, 0.2) is 70.1 Å². The summed E-state index contributed by atoms with van der Waals surface area (Å²) in [6.45, 7) is 1.95. The quantitative estimate of drug-likeness (QED) is 0.573. The summed E-state index contributed by atoms with van der Waals surface area (Å²) in [6, 6.07) is 17.2. The maximum atomic E-state index is 11.9. The van der Waals surface area contributed by atoms with E-state index in [1.165, 1.54) is 0 Å². The van der Waals surface area contributed by atoms with Gasteiger partial charge in [0, 0.05) is 0 Å². The predicted molar refractivity (Wildman–Crippen MR) is 94.6 cm³/mol. The molecule has 3 aromatic rings. The lowest BCUT2D eigenvalue weighted by molar-refractivity contribution is 1.12. The number of rotatable bonds is 4. The van der Waals surface area contributed by atoms with Gasteiger partial charge >= 0.3 is 0 Å². The number of nitrogens with zero attached hydrogens (tertiary/aromatic N) is 2. The van der Waals surface area contributed by atoms with Crippen molar-refractivity contribution in [1.82, 2.24) is 9.97 Å². The summed E-state index contributed by atoms with van der Waals surface area (Å²) in [5, 5.41) is 4.67. The molecule has 0 atom stereocenters. The van der Waals surface area contributed by atoms with Crippen LogP contribution in [0.3, 0.4) is 0 Å². The smallest absolute Gasteiger partial charge is 0.260 e. The summed E-state index contributed by atoms with van der Waals surface area (Å²) in [5.41, 5.74) is 5.28. The molecule has 0 radical (unpaired) electrons. The minimum absolute atomic E-state index is 0.190. The highest BCUT2D eigenvalue weighted by Crippen LogP contribution is 2.08. The average Bonchev–Trinajstić information content (AvgIpc) is 2.56. The highest BCUT2D eigenvalue weighted by molar-refractivity contribution is 5.85. The van der Waals surface area contributed by atoms with Gasteiger partial charge in [-0.3, -0.25) is 9.78 Å². The van der Waals surface area contributed by atoms with Crippen LogP contribution in [-0.2, 0) is 0 Å². The molecule has 23 heavy (non-hydrogen) atoms. The Hall–Kier alpha value is -3.21. The lowest BCUT2D eigenvalue weighted by Gasteiger charge is -2.01. The molecule has 0 amide bonds. The molecule has 114 valence electrons. The number of anilines is 1. The molecule has 1 aromatic heterocycles. The van der Waals surface area contributed by atoms with E-state index < -0.39 is 0 Å². The average molecular weight is 304 g/mol. The fourth-order valence-corrected chi connectivity index (χ4v) is 2.18. The first-order chi connectivity index (χ1) is 11.2. The van der Waals surface area contributed by atoms with E-state index >= 15 is 0 Å². The Kier molecular flexibility index (Phi) is 4.29. The Bertz CT molecular complexity index is 926. The molecule has 2 N–H and O–H groups in total. The largest absolute Gasteiger partial charge is 0.291 e. The third-order valence-corrected chi connectivity index (χ3v) is 3.25. The molecule has 0 saturated carbocycles. The number of fused-ring (bicyclic) bond motifs is 1. The van der Waals surface area contributed by atoms with Crippen molar-refractivity contribution >= 4 is 29.1 Å². The van der Waals surface area contributed by atoms with Crippen LogP contribution in [0.2, 0.25) is 0 Å². The number of hydrogen-bond acceptors (Lipinski definition) is 4. The van der Waals surface area contributed by atoms with E-state index in [2.05, 4.69) is 20.5 Å². The molecule has 0 aliphatic rings. The van der Waals surface area contributed by atoms with Crippen molar-refractivity contribution in [3.05, 3.63) is 76.1 Å². The molecular formula is C18H16N4O. The number of aromatic amines is 1. The van der Waals surface area contributed by atoms with E-state index in [1.807, 2.05) is 55.5 Å². The molecule has 0 unspecified atom stereocenters. The number of H-pyrrole nitrogens is 1. The van der Waals surface area contributed by atoms with Crippen molar-refractivity contribution in [1.29, 1.82) is 0 Å². The van der Waals surface area contributed by atoms with Crippen LogP contribution in [0.25, 0.3) is 17.0 Å². The lowest BCUT2D eigenvalue weighted by Crippen LogP contribution is -2.10. The van der Waals surface area contributed by atoms with E-state index in [0.29, 0.717) is 16.9 Å². The van der Waals surface area contributed by atoms with Gasteiger partial charge in [0.2, 0.25) is 5.95 Å². The predicted octanol–water partition coefficient (Wildman–Crippen LogP) is 3.42. The number of allylic oxidation sites excluding steroid dienone is 1. The summed E-state index contributed by atoms with van der Waals surface area (Å²) in [7, 11) is 0. The van der Waals surface area contributed by atoms with Gasteiger partial charge in [-0.05, 0) is 30.2 Å². The minimum Gasteiger partial charge on any atom is -0.291 e. The SMILES string of the molecule is CC(/C=N/Nc1nc2ccccc2c(=O)[nH]1)=C\c1ccccc1. The second-order valence-corrected chi connectivity index (χ2v) is 5.10. The van der Waals surface area contributed by atoms with Crippen molar-refractivity contribution in [2.45, 2.75) is 6.92 Å². The Morgan fingerprint density at radius 3 is 2.70 bits per heavy atom. The number of aromatic nitrogens is 2. The molecule has 5 heteroatoms. The van der Waals surface area contributed by atoms with Crippen molar-refractivity contribution in [2.24, 2.45) is 5.10 Å². The molecule has 0 aliphatic carbocycles. The zero-order valence-electron chi connectivity index (χ0n) is 12.7. The van der Waals surface area contributed by atoms with Crippen molar-refractivity contribution < 1.29 is 0 Å². The normalized spacial score (nSPS) is 12.0. The van der Waals surface area contributed by atoms with Gasteiger partial charge in [-0.1, -0.05) is 48.5 Å². The third kappa shape index (κ3) is 3.71. The summed E-state index contributed by atoms with van der Waals surface area (Å²) in [5.74, 6) is 0.317. The van der Waals surface area contributed by atoms with Crippen LogP contribution < -0.4 is 11.0 Å². The van der Waals surface area contributed by atoms with E-state index in [-0.39, 0.29) is 5.56 Å². The monoisotopic (exact) mass is 304 g/mol. The summed E-state index contributed by atoms with van der Waals surface area (Å²) in [4.78, 5) is 18.9. The van der Waals surface area contributed by atoms with E-state index in [0.717, 1.165) is 11.1 Å². The van der Waals surface area contributed by atoms with Crippen LogP contribution in [0.1, 0.15) is 12.5 Å². The lowest BCUT2D eigenvalue weighted by atomic mass is 10.1. The zero-order valence-corrected chi connectivity index (χ0v) is 12.7. The van der Waals surface area contributed by atoms with E-state index in [4.69, 9.17) is 0 Å². The van der Waals surface area contributed by atoms with Crippen LogP contribution in [-0.4, -0.2) is 16.2 Å². The van der Waals surface area contributed by atoms with Gasteiger partial charge in [-0.15, -0.1) is 0 Å². The topological polar surface area (TPSA) is 70.1 Å². The second kappa shape index (κ2) is 6.70. The van der Waals surface area contributed by atoms with Gasteiger partial charge in [0.15, 0.2) is 0 Å². The molecule has 0 bridgehead atoms. The van der Waals surface area contributed by atoms with Crippen LogP contribution in [0, 0.1) is 0 Å². The van der Waals surface area contributed by atoms with Crippen LogP contribution in [0.4, 0.5) is 5.95 Å². The first kappa shape index (κ1) is 14.7. The Morgan fingerprint density at radius 1 is 1.13 bits per heavy atom. The Labute approximate surface area is 133 Å². The van der Waals surface area contributed by atoms with Crippen LogP contribution >= 0.6 is 0 Å². The number of para-hydroxylation sites is 1. The number of benzene rings is 2. The third-order valence-electron chi connectivity index (χ3n) is 3.25. The van der Waals surface area contributed by atoms with E-state index in [1.54, 1.807) is 18.3 Å². The molecule has 0 saturated heterocycles. The van der Waals surface area contributed by atoms with Gasteiger partial charge in [-0.2, -0.15) is 5.10 Å². The highest BCUT2D eigenvalue weighted by atomic mass is 16.1. The highest BCUT2D eigenvalue weighted by Gasteiger charge is 2.01. The van der Waals surface area contributed by atoms with Gasteiger partial charge in [0.05, 0.1) is 17.1 Å². The Morgan fingerprint density at radius 2 is 1.87 bits per heavy atom. The summed E-state index contributed by atoms with van der Waals surface area (Å²) >= 11 is 0. The second-order valence-electron chi connectivity index (χ2n) is 5.10. The fourth-order valence-electron chi connectivity index (χ4n) is 2.18. The first-order valence-corrected chi connectivity index (χ1v) is 7.24. The number of hydrogen-bond donors (Lipinski definition) is 2. The molecule has 0 spiro atoms. The zero-order chi connectivity index (χ0) is 16.1. The fraction of sp³-hybridized carbons (Fsp3) is 0.0556. The Balaban J connectivity index is 1.75. The van der Waals surface area contributed by atoms with Gasteiger partial charge in [0.25, 0.3) is 5.56 Å². The first-order valence-electron chi connectivity index (χ1n) is 7.24. The number of nitrogens with one attached hydrogen (secondary N) is 2. The van der Waals surface area contributed by atoms with Gasteiger partial charge < -0.3 is 0 Å². The maximum Gasteiger partial charge on any atom is 0.260 e. The molecule has 0 fully saturated rings. The van der Waals surface area contributed by atoms with Gasteiger partial charge in [0.1, 0.15) is 0 Å². The van der Waals surface area contributed by atoms with Crippen molar-refractivity contribution in [2.75, 3.05) is 5.43 Å². The molecular weight excluding hydrogens is 288 g/mol. The van der Waals surface area contributed by atoms with E-state index in [9.17, 15) is 4.79 Å². The maximum absolute atomic E-state index is 11.9. The molecule has 5 nitrogen and oxygen atoms in total. The van der Waals surface area contributed by atoms with Crippen LogP contribution in [0.5, 0.6) is 0 Å². The standard InChI is InChI=1S/C18H16N4O/c1-13(11-14-7-3-2-4-8-14)12-19-22-18-20-16-10-6-5-9-15(16)17(23)21-18/h2-12H,1H3,(H2,20,21,22,23)/b13-11+,19-12+. The minimum atomic E-state index is -0.190. The molecule has 2 aromatic carbocycles. The molecule has 0 aliphatic heterocycles. The summed E-state index contributed by atoms with van der Waals surface area (Å²) in [6.07, 6.45) is 3.70.